The summed E-state index contributed by atoms with van der Waals surface area (Å²) in [5, 5.41) is 9.26. The van der Waals surface area contributed by atoms with Crippen LogP contribution in [0.15, 0.2) is 0 Å². The summed E-state index contributed by atoms with van der Waals surface area (Å²) in [5.41, 5.74) is 0. The summed E-state index contributed by atoms with van der Waals surface area (Å²) in [5.74, 6) is 0. The molecule has 1 N–H and O–H groups in total. The first-order valence-corrected chi connectivity index (χ1v) is 4.18. The zero-order chi connectivity index (χ0) is 8.43. The maximum atomic E-state index is 13.0. The van der Waals surface area contributed by atoms with E-state index < -0.39 is 18.4 Å². The molecule has 0 aromatic carbocycles. The highest BCUT2D eigenvalue weighted by Gasteiger charge is 2.41. The van der Waals surface area contributed by atoms with Gasteiger partial charge in [0, 0.05) is 0 Å². The summed E-state index contributed by atoms with van der Waals surface area (Å²) in [7, 11) is 0. The number of rotatable bonds is 2. The van der Waals surface area contributed by atoms with Crippen molar-refractivity contribution in [3.63, 3.8) is 0 Å². The van der Waals surface area contributed by atoms with Crippen LogP contribution in [0, 0.1) is 0 Å². The minimum absolute atomic E-state index is 0.296. The highest BCUT2D eigenvalue weighted by atomic mass is 19.1. The fourth-order valence-corrected chi connectivity index (χ4v) is 1.46. The molecule has 0 saturated carbocycles. The molecule has 0 amide bonds. The van der Waals surface area contributed by atoms with E-state index >= 15 is 0 Å². The average molecular weight is 162 g/mol. The summed E-state index contributed by atoms with van der Waals surface area (Å²) in [6.07, 6.45) is -1.48. The molecule has 3 heteroatoms. The Morgan fingerprint density at radius 1 is 1.27 bits per heavy atom. The number of aliphatic hydroxyl groups excluding tert-OH is 1. The second-order valence-electron chi connectivity index (χ2n) is 2.96. The Kier molecular flexibility index (Phi) is 2.84. The van der Waals surface area contributed by atoms with Crippen LogP contribution >= 0.6 is 0 Å². The SMILES string of the molecule is CC[C@@H]1O[C@H](CC)[C@@H](O)[C@@H]1F. The third-order valence-corrected chi connectivity index (χ3v) is 2.22. The van der Waals surface area contributed by atoms with Crippen LogP contribution in [0.3, 0.4) is 0 Å². The van der Waals surface area contributed by atoms with Gasteiger partial charge in [0.2, 0.25) is 0 Å². The first-order valence-electron chi connectivity index (χ1n) is 4.18. The van der Waals surface area contributed by atoms with Crippen molar-refractivity contribution in [2.24, 2.45) is 0 Å². The number of aliphatic hydroxyl groups is 1. The first-order chi connectivity index (χ1) is 5.20. The molecule has 1 aliphatic heterocycles. The Morgan fingerprint density at radius 2 is 1.82 bits per heavy atom. The molecule has 0 radical (unpaired) electrons. The second-order valence-corrected chi connectivity index (χ2v) is 2.96. The molecule has 0 aromatic rings. The molecule has 0 bridgehead atoms. The fourth-order valence-electron chi connectivity index (χ4n) is 1.46. The Balaban J connectivity index is 2.53. The van der Waals surface area contributed by atoms with Gasteiger partial charge < -0.3 is 9.84 Å². The van der Waals surface area contributed by atoms with Gasteiger partial charge in [-0.2, -0.15) is 0 Å². The maximum absolute atomic E-state index is 13.0. The third-order valence-electron chi connectivity index (χ3n) is 2.22. The van der Waals surface area contributed by atoms with Crippen molar-refractivity contribution >= 4 is 0 Å². The fraction of sp³-hybridized carbons (Fsp3) is 1.00. The minimum Gasteiger partial charge on any atom is -0.387 e. The van der Waals surface area contributed by atoms with E-state index in [2.05, 4.69) is 0 Å². The molecule has 0 aliphatic carbocycles. The van der Waals surface area contributed by atoms with Crippen LogP contribution in [0.2, 0.25) is 0 Å². The van der Waals surface area contributed by atoms with Crippen LogP contribution in [-0.4, -0.2) is 29.6 Å². The number of hydrogen-bond donors (Lipinski definition) is 1. The van der Waals surface area contributed by atoms with E-state index in [1.165, 1.54) is 0 Å². The summed E-state index contributed by atoms with van der Waals surface area (Å²) in [6, 6.07) is 0. The second kappa shape index (κ2) is 3.50. The Bertz CT molecular complexity index is 111. The lowest BCUT2D eigenvalue weighted by atomic mass is 10.1. The van der Waals surface area contributed by atoms with Crippen LogP contribution in [0.4, 0.5) is 4.39 Å². The van der Waals surface area contributed by atoms with E-state index in [1.807, 2.05) is 13.8 Å². The lowest BCUT2D eigenvalue weighted by Gasteiger charge is -2.09. The molecule has 1 aliphatic rings. The number of alkyl halides is 1. The molecule has 1 saturated heterocycles. The van der Waals surface area contributed by atoms with E-state index in [0.29, 0.717) is 12.8 Å². The zero-order valence-corrected chi connectivity index (χ0v) is 6.96. The van der Waals surface area contributed by atoms with Gasteiger partial charge in [0.1, 0.15) is 6.10 Å². The molecular formula is C8H15FO2. The van der Waals surface area contributed by atoms with Crippen molar-refractivity contribution in [3.8, 4) is 0 Å². The number of hydrogen-bond acceptors (Lipinski definition) is 2. The van der Waals surface area contributed by atoms with Gasteiger partial charge in [-0.05, 0) is 12.8 Å². The average Bonchev–Trinajstić information content (AvgIpc) is 2.30. The quantitative estimate of drug-likeness (QED) is 0.662. The summed E-state index contributed by atoms with van der Waals surface area (Å²) in [6.45, 7) is 3.75. The van der Waals surface area contributed by atoms with Gasteiger partial charge in [0.25, 0.3) is 0 Å². The van der Waals surface area contributed by atoms with E-state index in [9.17, 15) is 9.50 Å². The van der Waals surface area contributed by atoms with E-state index in [4.69, 9.17) is 4.74 Å². The molecule has 11 heavy (non-hydrogen) atoms. The van der Waals surface area contributed by atoms with Crippen LogP contribution in [0.25, 0.3) is 0 Å². The molecule has 1 rings (SSSR count). The van der Waals surface area contributed by atoms with Gasteiger partial charge in [0.15, 0.2) is 6.17 Å². The van der Waals surface area contributed by atoms with Gasteiger partial charge in [-0.25, -0.2) is 4.39 Å². The molecule has 0 unspecified atom stereocenters. The Labute approximate surface area is 66.4 Å². The molecule has 66 valence electrons. The first kappa shape index (κ1) is 8.94. The Hall–Kier alpha value is -0.150. The predicted molar refractivity (Wildman–Crippen MR) is 40.1 cm³/mol. The van der Waals surface area contributed by atoms with Gasteiger partial charge in [0.05, 0.1) is 12.2 Å². The molecule has 0 aromatic heterocycles. The van der Waals surface area contributed by atoms with Crippen molar-refractivity contribution in [1.82, 2.24) is 0 Å². The third kappa shape index (κ3) is 1.54. The van der Waals surface area contributed by atoms with Gasteiger partial charge in [-0.15, -0.1) is 0 Å². The molecular weight excluding hydrogens is 147 g/mol. The van der Waals surface area contributed by atoms with Gasteiger partial charge in [-0.3, -0.25) is 0 Å². The predicted octanol–water partition coefficient (Wildman–Crippen LogP) is 1.27. The van der Waals surface area contributed by atoms with Gasteiger partial charge >= 0.3 is 0 Å². The van der Waals surface area contributed by atoms with E-state index in [-0.39, 0.29) is 6.10 Å². The van der Waals surface area contributed by atoms with Crippen LogP contribution < -0.4 is 0 Å². The monoisotopic (exact) mass is 162 g/mol. The number of halogens is 1. The summed E-state index contributed by atoms with van der Waals surface area (Å²) < 4.78 is 18.3. The number of ether oxygens (including phenoxy) is 1. The summed E-state index contributed by atoms with van der Waals surface area (Å²) in [4.78, 5) is 0. The smallest absolute Gasteiger partial charge is 0.154 e. The minimum atomic E-state index is -1.19. The van der Waals surface area contributed by atoms with Crippen LogP contribution in [-0.2, 0) is 4.74 Å². The van der Waals surface area contributed by atoms with Gasteiger partial charge in [-0.1, -0.05) is 13.8 Å². The molecule has 4 atom stereocenters. The molecule has 1 heterocycles. The normalized spacial score (nSPS) is 44.7. The summed E-state index contributed by atoms with van der Waals surface area (Å²) >= 11 is 0. The van der Waals surface area contributed by atoms with Crippen molar-refractivity contribution in [1.29, 1.82) is 0 Å². The lowest BCUT2D eigenvalue weighted by molar-refractivity contribution is 0.00714. The van der Waals surface area contributed by atoms with E-state index in [0.717, 1.165) is 0 Å². The zero-order valence-electron chi connectivity index (χ0n) is 6.96. The van der Waals surface area contributed by atoms with Crippen molar-refractivity contribution < 1.29 is 14.2 Å². The molecule has 1 fully saturated rings. The van der Waals surface area contributed by atoms with E-state index in [1.54, 1.807) is 0 Å². The highest BCUT2D eigenvalue weighted by Crippen LogP contribution is 2.27. The van der Waals surface area contributed by atoms with Crippen molar-refractivity contribution in [2.45, 2.75) is 51.2 Å². The lowest BCUT2D eigenvalue weighted by Crippen LogP contribution is -2.28. The van der Waals surface area contributed by atoms with Crippen molar-refractivity contribution in [3.05, 3.63) is 0 Å². The highest BCUT2D eigenvalue weighted by molar-refractivity contribution is 4.89. The topological polar surface area (TPSA) is 29.5 Å². The maximum Gasteiger partial charge on any atom is 0.154 e. The molecule has 0 spiro atoms. The largest absolute Gasteiger partial charge is 0.387 e. The standard InChI is InChI=1S/C8H15FO2/c1-3-5-7(9)8(10)6(4-2)11-5/h5-8,10H,3-4H2,1-2H3/t5-,6+,7+,8+/m0/s1. The van der Waals surface area contributed by atoms with Crippen LogP contribution in [0.5, 0.6) is 0 Å². The Morgan fingerprint density at radius 3 is 2.09 bits per heavy atom. The van der Waals surface area contributed by atoms with Crippen molar-refractivity contribution in [2.75, 3.05) is 0 Å². The van der Waals surface area contributed by atoms with Crippen LogP contribution in [0.1, 0.15) is 26.7 Å². The molecule has 2 nitrogen and oxygen atoms in total.